The van der Waals surface area contributed by atoms with Crippen LogP contribution in [0.3, 0.4) is 0 Å². The molecule has 0 amide bonds. The van der Waals surface area contributed by atoms with Gasteiger partial charge in [-0.25, -0.2) is 9.97 Å². The lowest BCUT2D eigenvalue weighted by Gasteiger charge is -2.28. The predicted octanol–water partition coefficient (Wildman–Crippen LogP) is 4.92. The molecule has 112 valence electrons. The van der Waals surface area contributed by atoms with Crippen molar-refractivity contribution in [2.45, 2.75) is 65.2 Å². The molecule has 1 aliphatic rings. The van der Waals surface area contributed by atoms with E-state index in [9.17, 15) is 0 Å². The molecule has 0 aliphatic heterocycles. The van der Waals surface area contributed by atoms with E-state index in [2.05, 4.69) is 58.9 Å². The molecule has 20 heavy (non-hydrogen) atoms. The molecule has 1 fully saturated rings. The molecule has 1 aliphatic carbocycles. The summed E-state index contributed by atoms with van der Waals surface area (Å²) in [4.78, 5) is 9.17. The van der Waals surface area contributed by atoms with Crippen LogP contribution in [-0.2, 0) is 5.41 Å². The monoisotopic (exact) mass is 339 g/mol. The van der Waals surface area contributed by atoms with Crippen molar-refractivity contribution >= 4 is 21.7 Å². The summed E-state index contributed by atoms with van der Waals surface area (Å²) in [5.74, 6) is 1.82. The minimum Gasteiger partial charge on any atom is -0.369 e. The van der Waals surface area contributed by atoms with Gasteiger partial charge in [0.2, 0.25) is 0 Å². The summed E-state index contributed by atoms with van der Waals surface area (Å²) >= 11 is 3.50. The van der Waals surface area contributed by atoms with E-state index in [4.69, 9.17) is 0 Å². The largest absolute Gasteiger partial charge is 0.369 e. The number of nitrogens with zero attached hydrogens (tertiary/aromatic N) is 2. The molecule has 0 atom stereocenters. The van der Waals surface area contributed by atoms with Gasteiger partial charge in [-0.3, -0.25) is 0 Å². The second-order valence-electron chi connectivity index (χ2n) is 7.06. The van der Waals surface area contributed by atoms with E-state index in [1.807, 2.05) is 6.07 Å². The molecule has 0 unspecified atom stereocenters. The molecular weight excluding hydrogens is 314 g/mol. The van der Waals surface area contributed by atoms with E-state index in [0.717, 1.165) is 22.8 Å². The van der Waals surface area contributed by atoms with Gasteiger partial charge in [-0.2, -0.15) is 0 Å². The first-order valence-corrected chi connectivity index (χ1v) is 8.43. The smallest absolute Gasteiger partial charge is 0.137 e. The van der Waals surface area contributed by atoms with Crippen molar-refractivity contribution in [2.75, 3.05) is 11.9 Å². The maximum Gasteiger partial charge on any atom is 0.137 e. The highest BCUT2D eigenvalue weighted by molar-refractivity contribution is 9.10. The van der Waals surface area contributed by atoms with E-state index < -0.39 is 0 Å². The van der Waals surface area contributed by atoms with Gasteiger partial charge >= 0.3 is 0 Å². The summed E-state index contributed by atoms with van der Waals surface area (Å²) in [7, 11) is 0. The van der Waals surface area contributed by atoms with Crippen molar-refractivity contribution in [3.8, 4) is 0 Å². The first kappa shape index (κ1) is 15.7. The number of nitrogens with one attached hydrogen (secondary N) is 1. The second kappa shape index (κ2) is 6.00. The number of anilines is 1. The number of aromatic nitrogens is 2. The molecule has 0 aromatic carbocycles. The molecule has 1 heterocycles. The Kier molecular flexibility index (Phi) is 4.73. The quantitative estimate of drug-likeness (QED) is 0.791. The first-order valence-electron chi connectivity index (χ1n) is 7.64. The van der Waals surface area contributed by atoms with Crippen LogP contribution in [0.4, 0.5) is 5.82 Å². The molecule has 1 aromatic rings. The average molecular weight is 340 g/mol. The van der Waals surface area contributed by atoms with Gasteiger partial charge < -0.3 is 5.32 Å². The lowest BCUT2D eigenvalue weighted by atomic mass is 9.83. The van der Waals surface area contributed by atoms with Crippen molar-refractivity contribution < 1.29 is 0 Å². The van der Waals surface area contributed by atoms with Crippen molar-refractivity contribution in [3.05, 3.63) is 16.5 Å². The molecule has 0 saturated heterocycles. The Bertz CT molecular complexity index is 459. The van der Waals surface area contributed by atoms with Gasteiger partial charge in [-0.1, -0.05) is 40.5 Å². The zero-order valence-corrected chi connectivity index (χ0v) is 14.7. The Hall–Kier alpha value is -0.640. The predicted molar refractivity (Wildman–Crippen MR) is 88.1 cm³/mol. The van der Waals surface area contributed by atoms with E-state index >= 15 is 0 Å². The zero-order chi connectivity index (χ0) is 14.8. The fourth-order valence-corrected chi connectivity index (χ4v) is 3.29. The Balaban J connectivity index is 2.11. The van der Waals surface area contributed by atoms with Crippen LogP contribution in [0.25, 0.3) is 0 Å². The highest BCUT2D eigenvalue weighted by Gasteiger charge is 2.31. The fraction of sp³-hybridized carbons (Fsp3) is 0.750. The van der Waals surface area contributed by atoms with Crippen LogP contribution in [0.15, 0.2) is 10.7 Å². The van der Waals surface area contributed by atoms with E-state index in [1.165, 1.54) is 32.1 Å². The minimum atomic E-state index is -0.0317. The maximum absolute atomic E-state index is 4.68. The molecule has 0 radical (unpaired) electrons. The summed E-state index contributed by atoms with van der Waals surface area (Å²) in [5, 5.41) is 3.55. The highest BCUT2D eigenvalue weighted by atomic mass is 79.9. The first-order chi connectivity index (χ1) is 9.35. The summed E-state index contributed by atoms with van der Waals surface area (Å²) in [6, 6.07) is 1.98. The summed E-state index contributed by atoms with van der Waals surface area (Å²) in [6.45, 7) is 9.76. The number of rotatable bonds is 4. The topological polar surface area (TPSA) is 37.8 Å². The highest BCUT2D eigenvalue weighted by Crippen LogP contribution is 2.40. The van der Waals surface area contributed by atoms with Crippen LogP contribution in [0.5, 0.6) is 0 Å². The Labute approximate surface area is 131 Å². The third kappa shape index (κ3) is 3.72. The fourth-order valence-electron chi connectivity index (χ4n) is 2.90. The van der Waals surface area contributed by atoms with E-state index in [1.54, 1.807) is 0 Å². The summed E-state index contributed by atoms with van der Waals surface area (Å²) in [5.41, 5.74) is 0.440. The Morgan fingerprint density at radius 2 is 1.90 bits per heavy atom. The van der Waals surface area contributed by atoms with Gasteiger partial charge in [0.05, 0.1) is 0 Å². The number of halogens is 1. The van der Waals surface area contributed by atoms with Crippen molar-refractivity contribution in [2.24, 2.45) is 5.41 Å². The third-order valence-electron chi connectivity index (χ3n) is 4.42. The average Bonchev–Trinajstić information content (AvgIpc) is 2.84. The van der Waals surface area contributed by atoms with Gasteiger partial charge in [0.1, 0.15) is 16.2 Å². The van der Waals surface area contributed by atoms with Crippen LogP contribution >= 0.6 is 15.9 Å². The van der Waals surface area contributed by atoms with E-state index in [0.29, 0.717) is 5.41 Å². The van der Waals surface area contributed by atoms with Crippen molar-refractivity contribution in [1.29, 1.82) is 0 Å². The minimum absolute atomic E-state index is 0.0317. The lowest BCUT2D eigenvalue weighted by molar-refractivity contribution is 0.306. The van der Waals surface area contributed by atoms with Gasteiger partial charge in [0.25, 0.3) is 0 Å². The molecule has 0 bridgehead atoms. The number of hydrogen-bond acceptors (Lipinski definition) is 3. The van der Waals surface area contributed by atoms with Gasteiger partial charge in [-0.05, 0) is 40.6 Å². The molecule has 3 nitrogen and oxygen atoms in total. The number of hydrogen-bond donors (Lipinski definition) is 1. The van der Waals surface area contributed by atoms with Crippen LogP contribution in [0.2, 0.25) is 0 Å². The van der Waals surface area contributed by atoms with Crippen LogP contribution in [0.1, 0.15) is 65.6 Å². The summed E-state index contributed by atoms with van der Waals surface area (Å²) < 4.78 is 0.858. The molecule has 2 rings (SSSR count). The lowest BCUT2D eigenvalue weighted by Crippen LogP contribution is -2.27. The maximum atomic E-state index is 4.68. The second-order valence-corrected chi connectivity index (χ2v) is 7.88. The third-order valence-corrected chi connectivity index (χ3v) is 4.83. The molecular formula is C16H26BrN3. The van der Waals surface area contributed by atoms with E-state index in [-0.39, 0.29) is 5.41 Å². The Morgan fingerprint density at radius 3 is 2.45 bits per heavy atom. The standard InChI is InChI=1S/C16H26BrN3/c1-5-16(8-6-7-9-16)11-18-13-10-12(17)19-14(20-13)15(2,3)4/h10H,5-9,11H2,1-4H3,(H,18,19,20). The molecule has 1 N–H and O–H groups in total. The molecule has 0 spiro atoms. The van der Waals surface area contributed by atoms with Crippen LogP contribution in [-0.4, -0.2) is 16.5 Å². The van der Waals surface area contributed by atoms with Crippen LogP contribution < -0.4 is 5.32 Å². The SMILES string of the molecule is CCC1(CNc2cc(Br)nc(C(C)(C)C)n2)CCCC1. The zero-order valence-electron chi connectivity index (χ0n) is 13.1. The van der Waals surface area contributed by atoms with Gasteiger partial charge in [0.15, 0.2) is 0 Å². The Morgan fingerprint density at radius 1 is 1.25 bits per heavy atom. The van der Waals surface area contributed by atoms with Crippen molar-refractivity contribution in [1.82, 2.24) is 9.97 Å². The van der Waals surface area contributed by atoms with Crippen LogP contribution in [0, 0.1) is 5.41 Å². The molecule has 1 aromatic heterocycles. The molecule has 1 saturated carbocycles. The molecule has 4 heteroatoms. The van der Waals surface area contributed by atoms with Gasteiger partial charge in [-0.15, -0.1) is 0 Å². The van der Waals surface area contributed by atoms with Gasteiger partial charge in [0, 0.05) is 18.0 Å². The summed E-state index contributed by atoms with van der Waals surface area (Å²) in [6.07, 6.45) is 6.68. The van der Waals surface area contributed by atoms with Crippen molar-refractivity contribution in [3.63, 3.8) is 0 Å². The normalized spacial score (nSPS) is 18.2.